The second-order valence-electron chi connectivity index (χ2n) is 6.34. The van der Waals surface area contributed by atoms with Gasteiger partial charge >= 0.3 is 0 Å². The molecule has 1 N–H and O–H groups in total. The fourth-order valence-corrected chi connectivity index (χ4v) is 4.55. The first-order chi connectivity index (χ1) is 12.8. The summed E-state index contributed by atoms with van der Waals surface area (Å²) in [7, 11) is 0. The zero-order valence-corrected chi connectivity index (χ0v) is 17.7. The normalized spacial score (nSPS) is 14.1. The standard InChI is InChI=1S/C20H22N4S2.ClH/c1-2-21-20(25)24-11-9-23(10-12-24)18-14-17(15-6-4-3-5-7-15)22-16-8-13-26-19(16)18;/h3-8,13-14H,2,9-12H2,1H3,(H,21,25);1H. The monoisotopic (exact) mass is 418 g/mol. The molecule has 0 unspecified atom stereocenters. The van der Waals surface area contributed by atoms with Gasteiger partial charge in [0.1, 0.15) is 0 Å². The fourth-order valence-electron chi connectivity index (χ4n) is 3.34. The molecule has 1 saturated heterocycles. The number of thiophene rings is 1. The molecular formula is C20H23ClN4S2. The van der Waals surface area contributed by atoms with Crippen LogP contribution in [0.4, 0.5) is 5.69 Å². The molecule has 3 heterocycles. The van der Waals surface area contributed by atoms with Crippen LogP contribution >= 0.6 is 36.0 Å². The lowest BCUT2D eigenvalue weighted by molar-refractivity contribution is 0.381. The van der Waals surface area contributed by atoms with Gasteiger partial charge in [0.05, 0.1) is 21.6 Å². The number of nitrogens with one attached hydrogen (secondary N) is 1. The summed E-state index contributed by atoms with van der Waals surface area (Å²) in [5, 5.41) is 6.26. The van der Waals surface area contributed by atoms with E-state index in [0.717, 1.165) is 54.6 Å². The summed E-state index contributed by atoms with van der Waals surface area (Å²) in [4.78, 5) is 9.61. The van der Waals surface area contributed by atoms with Crippen LogP contribution in [0, 0.1) is 0 Å². The Morgan fingerprint density at radius 3 is 2.59 bits per heavy atom. The second kappa shape index (κ2) is 8.87. The molecule has 27 heavy (non-hydrogen) atoms. The van der Waals surface area contributed by atoms with Crippen LogP contribution in [0.3, 0.4) is 0 Å². The van der Waals surface area contributed by atoms with Gasteiger partial charge in [-0.3, -0.25) is 0 Å². The van der Waals surface area contributed by atoms with Crippen LogP contribution in [-0.2, 0) is 0 Å². The lowest BCUT2D eigenvalue weighted by atomic mass is 10.1. The van der Waals surface area contributed by atoms with Gasteiger partial charge in [0.25, 0.3) is 0 Å². The van der Waals surface area contributed by atoms with Gasteiger partial charge in [-0.25, -0.2) is 4.98 Å². The Hall–Kier alpha value is -1.89. The zero-order valence-electron chi connectivity index (χ0n) is 15.2. The molecule has 7 heteroatoms. The van der Waals surface area contributed by atoms with Crippen molar-refractivity contribution in [2.75, 3.05) is 37.6 Å². The molecule has 142 valence electrons. The van der Waals surface area contributed by atoms with E-state index < -0.39 is 0 Å². The van der Waals surface area contributed by atoms with E-state index >= 15 is 0 Å². The molecule has 1 aliphatic heterocycles. The van der Waals surface area contributed by atoms with Crippen LogP contribution < -0.4 is 10.2 Å². The van der Waals surface area contributed by atoms with E-state index in [2.05, 4.69) is 63.8 Å². The van der Waals surface area contributed by atoms with Crippen LogP contribution in [-0.4, -0.2) is 47.7 Å². The number of rotatable bonds is 3. The molecule has 3 aromatic rings. The summed E-state index contributed by atoms with van der Waals surface area (Å²) in [5.74, 6) is 0. The van der Waals surface area contributed by atoms with E-state index in [-0.39, 0.29) is 12.4 Å². The van der Waals surface area contributed by atoms with E-state index in [1.165, 1.54) is 10.4 Å². The zero-order chi connectivity index (χ0) is 17.9. The average molecular weight is 419 g/mol. The van der Waals surface area contributed by atoms with E-state index in [0.29, 0.717) is 0 Å². The van der Waals surface area contributed by atoms with Crippen molar-refractivity contribution >= 4 is 57.0 Å². The molecule has 0 atom stereocenters. The predicted octanol–water partition coefficient (Wildman–Crippen LogP) is 4.40. The van der Waals surface area contributed by atoms with Gasteiger partial charge in [-0.2, -0.15) is 0 Å². The molecule has 0 radical (unpaired) electrons. The van der Waals surface area contributed by atoms with Crippen molar-refractivity contribution in [3.05, 3.63) is 47.8 Å². The minimum atomic E-state index is 0. The molecular weight excluding hydrogens is 396 g/mol. The molecule has 2 aromatic heterocycles. The Labute approximate surface area is 175 Å². The van der Waals surface area contributed by atoms with E-state index in [9.17, 15) is 0 Å². The first-order valence-corrected chi connectivity index (χ1v) is 10.3. The summed E-state index contributed by atoms with van der Waals surface area (Å²) in [6, 6.07) is 14.8. The van der Waals surface area contributed by atoms with Gasteiger partial charge in [-0.15, -0.1) is 23.7 Å². The molecule has 0 bridgehead atoms. The predicted molar refractivity (Wildman–Crippen MR) is 122 cm³/mol. The Morgan fingerprint density at radius 1 is 1.15 bits per heavy atom. The minimum Gasteiger partial charge on any atom is -0.367 e. The SMILES string of the molecule is CCNC(=S)N1CCN(c2cc(-c3ccccc3)nc3ccsc23)CC1.Cl. The quantitative estimate of drug-likeness (QED) is 0.637. The van der Waals surface area contributed by atoms with Crippen LogP contribution in [0.2, 0.25) is 0 Å². The number of halogens is 1. The maximum atomic E-state index is 5.46. The van der Waals surface area contributed by atoms with Gasteiger partial charge in [0.2, 0.25) is 0 Å². The van der Waals surface area contributed by atoms with Crippen molar-refractivity contribution in [2.24, 2.45) is 0 Å². The number of benzene rings is 1. The number of thiocarbonyl (C=S) groups is 1. The van der Waals surface area contributed by atoms with Gasteiger partial charge in [-0.05, 0) is 36.7 Å². The molecule has 1 aromatic carbocycles. The Bertz CT molecular complexity index is 905. The smallest absolute Gasteiger partial charge is 0.169 e. The molecule has 0 saturated carbocycles. The van der Waals surface area contributed by atoms with Crippen molar-refractivity contribution in [3.8, 4) is 11.3 Å². The van der Waals surface area contributed by atoms with Crippen LogP contribution in [0.5, 0.6) is 0 Å². The second-order valence-corrected chi connectivity index (χ2v) is 7.64. The minimum absolute atomic E-state index is 0. The van der Waals surface area contributed by atoms with E-state index in [1.54, 1.807) is 11.3 Å². The lowest BCUT2D eigenvalue weighted by Gasteiger charge is -2.37. The van der Waals surface area contributed by atoms with Crippen molar-refractivity contribution in [1.82, 2.24) is 15.2 Å². The van der Waals surface area contributed by atoms with Crippen molar-refractivity contribution in [3.63, 3.8) is 0 Å². The third-order valence-electron chi connectivity index (χ3n) is 4.70. The maximum absolute atomic E-state index is 5.46. The number of aromatic nitrogens is 1. The fraction of sp³-hybridized carbons (Fsp3) is 0.300. The van der Waals surface area contributed by atoms with E-state index in [4.69, 9.17) is 17.2 Å². The summed E-state index contributed by atoms with van der Waals surface area (Å²) < 4.78 is 1.27. The number of anilines is 1. The first kappa shape index (κ1) is 19.9. The molecule has 0 spiro atoms. The number of hydrogen-bond acceptors (Lipinski definition) is 4. The third-order valence-corrected chi connectivity index (χ3v) is 6.03. The van der Waals surface area contributed by atoms with Gasteiger partial charge in [0.15, 0.2) is 5.11 Å². The van der Waals surface area contributed by atoms with Crippen LogP contribution in [0.1, 0.15) is 6.92 Å². The van der Waals surface area contributed by atoms with Crippen molar-refractivity contribution in [2.45, 2.75) is 6.92 Å². The number of hydrogen-bond donors (Lipinski definition) is 1. The van der Waals surface area contributed by atoms with Gasteiger partial charge in [-0.1, -0.05) is 30.3 Å². The Balaban J connectivity index is 0.00000210. The van der Waals surface area contributed by atoms with E-state index in [1.807, 2.05) is 6.07 Å². The molecule has 0 aliphatic carbocycles. The maximum Gasteiger partial charge on any atom is 0.169 e. The average Bonchev–Trinajstić information content (AvgIpc) is 3.17. The highest BCUT2D eigenvalue weighted by molar-refractivity contribution is 7.80. The summed E-state index contributed by atoms with van der Waals surface area (Å²) in [6.07, 6.45) is 0. The highest BCUT2D eigenvalue weighted by Crippen LogP contribution is 2.34. The molecule has 4 rings (SSSR count). The number of fused-ring (bicyclic) bond motifs is 1. The number of nitrogens with zero attached hydrogens (tertiary/aromatic N) is 3. The number of pyridine rings is 1. The summed E-state index contributed by atoms with van der Waals surface area (Å²) >= 11 is 7.24. The van der Waals surface area contributed by atoms with Gasteiger partial charge in [0, 0.05) is 38.3 Å². The topological polar surface area (TPSA) is 31.4 Å². The molecule has 0 amide bonds. The number of piperazine rings is 1. The van der Waals surface area contributed by atoms with Crippen molar-refractivity contribution < 1.29 is 0 Å². The Morgan fingerprint density at radius 2 is 1.89 bits per heavy atom. The first-order valence-electron chi connectivity index (χ1n) is 8.97. The highest BCUT2D eigenvalue weighted by atomic mass is 35.5. The van der Waals surface area contributed by atoms with Crippen molar-refractivity contribution in [1.29, 1.82) is 0 Å². The highest BCUT2D eigenvalue weighted by Gasteiger charge is 2.21. The van der Waals surface area contributed by atoms with Crippen LogP contribution in [0.25, 0.3) is 21.5 Å². The summed E-state index contributed by atoms with van der Waals surface area (Å²) in [6.45, 7) is 6.79. The van der Waals surface area contributed by atoms with Gasteiger partial charge < -0.3 is 15.1 Å². The summed E-state index contributed by atoms with van der Waals surface area (Å²) in [5.41, 5.74) is 4.57. The third kappa shape index (κ3) is 4.18. The molecule has 4 nitrogen and oxygen atoms in total. The molecule has 1 fully saturated rings. The Kier molecular flexibility index (Phi) is 6.52. The van der Waals surface area contributed by atoms with Crippen LogP contribution in [0.15, 0.2) is 47.8 Å². The lowest BCUT2D eigenvalue weighted by Crippen LogP contribution is -2.51. The largest absolute Gasteiger partial charge is 0.367 e. The molecule has 1 aliphatic rings.